The molecule has 0 aliphatic heterocycles. The van der Waals surface area contributed by atoms with E-state index in [2.05, 4.69) is 15.1 Å². The van der Waals surface area contributed by atoms with Gasteiger partial charge in [0.1, 0.15) is 0 Å². The lowest BCUT2D eigenvalue weighted by molar-refractivity contribution is 0.322. The summed E-state index contributed by atoms with van der Waals surface area (Å²) in [6.45, 7) is 4.05. The third-order valence-corrected chi connectivity index (χ3v) is 2.60. The Morgan fingerprint density at radius 3 is 2.65 bits per heavy atom. The number of hydrogen-bond acceptors (Lipinski definition) is 5. The fraction of sp³-hybridized carbons (Fsp3) is 0.417. The van der Waals surface area contributed by atoms with Gasteiger partial charge in [0.15, 0.2) is 5.82 Å². The zero-order valence-corrected chi connectivity index (χ0v) is 10.00. The van der Waals surface area contributed by atoms with Crippen LogP contribution in [0.25, 0.3) is 0 Å². The van der Waals surface area contributed by atoms with E-state index in [1.165, 1.54) is 0 Å². The molecular weight excluding hydrogens is 216 g/mol. The van der Waals surface area contributed by atoms with E-state index in [4.69, 9.17) is 10.3 Å². The highest BCUT2D eigenvalue weighted by molar-refractivity contribution is 5.14. The number of aromatic nitrogens is 3. The lowest BCUT2D eigenvalue weighted by Gasteiger charge is -2.09. The second kappa shape index (κ2) is 5.05. The Bertz CT molecular complexity index is 466. The topological polar surface area (TPSA) is 77.8 Å². The Balaban J connectivity index is 2.09. The molecule has 0 aromatic carbocycles. The quantitative estimate of drug-likeness (QED) is 0.868. The molecule has 0 amide bonds. The summed E-state index contributed by atoms with van der Waals surface area (Å²) in [5.41, 5.74) is 7.04. The summed E-state index contributed by atoms with van der Waals surface area (Å²) in [5.74, 6) is 1.44. The molecule has 0 unspecified atom stereocenters. The Hall–Kier alpha value is -1.75. The van der Waals surface area contributed by atoms with E-state index < -0.39 is 0 Å². The smallest absolute Gasteiger partial charge is 0.243 e. The number of rotatable bonds is 4. The van der Waals surface area contributed by atoms with Gasteiger partial charge in [-0.15, -0.1) is 0 Å². The molecule has 0 aliphatic carbocycles. The van der Waals surface area contributed by atoms with Crippen molar-refractivity contribution in [2.24, 2.45) is 11.7 Å². The normalized spacial score (nSPS) is 12.9. The second-order valence-corrected chi connectivity index (χ2v) is 4.35. The molecule has 0 saturated carbocycles. The molecule has 2 rings (SSSR count). The number of pyridine rings is 1. The molecule has 0 bridgehead atoms. The fourth-order valence-corrected chi connectivity index (χ4v) is 1.44. The van der Waals surface area contributed by atoms with Crippen LogP contribution in [0.4, 0.5) is 0 Å². The second-order valence-electron chi connectivity index (χ2n) is 4.35. The van der Waals surface area contributed by atoms with Crippen LogP contribution in [0.3, 0.4) is 0 Å². The summed E-state index contributed by atoms with van der Waals surface area (Å²) in [6.07, 6.45) is 4.13. The molecule has 2 heterocycles. The average molecular weight is 232 g/mol. The average Bonchev–Trinajstić information content (AvgIpc) is 2.77. The molecule has 5 nitrogen and oxygen atoms in total. The molecule has 1 atom stereocenters. The number of nitrogens with zero attached hydrogens (tertiary/aromatic N) is 3. The Kier molecular flexibility index (Phi) is 3.49. The van der Waals surface area contributed by atoms with Gasteiger partial charge in [-0.3, -0.25) is 4.98 Å². The first-order chi connectivity index (χ1) is 8.16. The van der Waals surface area contributed by atoms with E-state index in [9.17, 15) is 0 Å². The zero-order chi connectivity index (χ0) is 12.3. The van der Waals surface area contributed by atoms with Crippen LogP contribution in [0.2, 0.25) is 0 Å². The van der Waals surface area contributed by atoms with Crippen molar-refractivity contribution in [1.29, 1.82) is 0 Å². The summed E-state index contributed by atoms with van der Waals surface area (Å²) < 4.78 is 5.16. The van der Waals surface area contributed by atoms with Gasteiger partial charge in [0.05, 0.1) is 6.04 Å². The summed E-state index contributed by atoms with van der Waals surface area (Å²) in [6, 6.07) is 3.66. The minimum atomic E-state index is -0.200. The molecule has 0 spiro atoms. The SMILES string of the molecule is CC(C)[C@H](N)c1nc(Cc2ccncc2)no1. The van der Waals surface area contributed by atoms with Crippen LogP contribution in [0, 0.1) is 5.92 Å². The first-order valence-electron chi connectivity index (χ1n) is 5.64. The van der Waals surface area contributed by atoms with E-state index >= 15 is 0 Å². The predicted molar refractivity (Wildman–Crippen MR) is 63.1 cm³/mol. The van der Waals surface area contributed by atoms with E-state index in [0.717, 1.165) is 5.56 Å². The lowest BCUT2D eigenvalue weighted by atomic mass is 10.1. The maximum atomic E-state index is 5.94. The third-order valence-electron chi connectivity index (χ3n) is 2.60. The molecule has 0 fully saturated rings. The van der Waals surface area contributed by atoms with Gasteiger partial charge in [-0.2, -0.15) is 4.98 Å². The van der Waals surface area contributed by atoms with Gasteiger partial charge >= 0.3 is 0 Å². The Labute approximate surface area is 100 Å². The standard InChI is InChI=1S/C12H16N4O/c1-8(2)11(13)12-15-10(16-17-12)7-9-3-5-14-6-4-9/h3-6,8,11H,7,13H2,1-2H3/t11-/m0/s1. The van der Waals surface area contributed by atoms with Crippen LogP contribution in [0.1, 0.15) is 37.2 Å². The molecule has 17 heavy (non-hydrogen) atoms. The monoisotopic (exact) mass is 232 g/mol. The molecule has 90 valence electrons. The van der Waals surface area contributed by atoms with Gasteiger partial charge in [-0.05, 0) is 23.6 Å². The van der Waals surface area contributed by atoms with Crippen LogP contribution in [0.5, 0.6) is 0 Å². The van der Waals surface area contributed by atoms with Gasteiger partial charge in [0, 0.05) is 18.8 Å². The Morgan fingerprint density at radius 1 is 1.29 bits per heavy atom. The first-order valence-corrected chi connectivity index (χ1v) is 5.64. The van der Waals surface area contributed by atoms with Gasteiger partial charge in [0.25, 0.3) is 0 Å². The largest absolute Gasteiger partial charge is 0.338 e. The maximum Gasteiger partial charge on any atom is 0.243 e. The molecule has 0 saturated heterocycles. The highest BCUT2D eigenvalue weighted by Crippen LogP contribution is 2.17. The first kappa shape index (κ1) is 11.7. The molecule has 2 N–H and O–H groups in total. The van der Waals surface area contributed by atoms with Gasteiger partial charge in [0.2, 0.25) is 5.89 Å². The zero-order valence-electron chi connectivity index (χ0n) is 10.00. The third kappa shape index (κ3) is 2.88. The van der Waals surface area contributed by atoms with Crippen molar-refractivity contribution >= 4 is 0 Å². The molecule has 2 aromatic heterocycles. The number of hydrogen-bond donors (Lipinski definition) is 1. The van der Waals surface area contributed by atoms with E-state index in [1.807, 2.05) is 26.0 Å². The predicted octanol–water partition coefficient (Wildman–Crippen LogP) is 1.71. The molecular formula is C12H16N4O. The summed E-state index contributed by atoms with van der Waals surface area (Å²) in [5, 5.41) is 3.93. The van der Waals surface area contributed by atoms with Crippen molar-refractivity contribution in [3.63, 3.8) is 0 Å². The highest BCUT2D eigenvalue weighted by Gasteiger charge is 2.17. The van der Waals surface area contributed by atoms with Crippen molar-refractivity contribution in [1.82, 2.24) is 15.1 Å². The highest BCUT2D eigenvalue weighted by atomic mass is 16.5. The van der Waals surface area contributed by atoms with Crippen molar-refractivity contribution in [3.05, 3.63) is 41.8 Å². The van der Waals surface area contributed by atoms with E-state index in [-0.39, 0.29) is 12.0 Å². The van der Waals surface area contributed by atoms with Gasteiger partial charge in [-0.1, -0.05) is 19.0 Å². The molecule has 2 aromatic rings. The van der Waals surface area contributed by atoms with Crippen molar-refractivity contribution in [2.45, 2.75) is 26.3 Å². The lowest BCUT2D eigenvalue weighted by Crippen LogP contribution is -2.17. The van der Waals surface area contributed by atoms with Gasteiger partial charge in [-0.25, -0.2) is 0 Å². The van der Waals surface area contributed by atoms with Crippen LogP contribution in [-0.4, -0.2) is 15.1 Å². The molecule has 0 aliphatic rings. The summed E-state index contributed by atoms with van der Waals surface area (Å²) >= 11 is 0. The van der Waals surface area contributed by atoms with Crippen molar-refractivity contribution in [3.8, 4) is 0 Å². The van der Waals surface area contributed by atoms with Crippen molar-refractivity contribution in [2.75, 3.05) is 0 Å². The van der Waals surface area contributed by atoms with Gasteiger partial charge < -0.3 is 10.3 Å². The van der Waals surface area contributed by atoms with E-state index in [1.54, 1.807) is 12.4 Å². The fourth-order valence-electron chi connectivity index (χ4n) is 1.44. The van der Waals surface area contributed by atoms with Crippen LogP contribution in [-0.2, 0) is 6.42 Å². The minimum absolute atomic E-state index is 0.200. The van der Waals surface area contributed by atoms with Crippen LogP contribution < -0.4 is 5.73 Å². The Morgan fingerprint density at radius 2 is 2.00 bits per heavy atom. The molecule has 0 radical (unpaired) electrons. The van der Waals surface area contributed by atoms with Crippen molar-refractivity contribution < 1.29 is 4.52 Å². The minimum Gasteiger partial charge on any atom is -0.338 e. The van der Waals surface area contributed by atoms with E-state index in [0.29, 0.717) is 18.1 Å². The number of nitrogens with two attached hydrogens (primary N) is 1. The van der Waals surface area contributed by atoms with Crippen LogP contribution >= 0.6 is 0 Å². The summed E-state index contributed by atoms with van der Waals surface area (Å²) in [4.78, 5) is 8.26. The van der Waals surface area contributed by atoms with Crippen LogP contribution in [0.15, 0.2) is 29.0 Å². The molecule has 5 heteroatoms. The maximum absolute atomic E-state index is 5.94. The summed E-state index contributed by atoms with van der Waals surface area (Å²) in [7, 11) is 0.